The molecule has 0 aliphatic carbocycles. The molecule has 1 N–H and O–H groups in total. The van der Waals surface area contributed by atoms with E-state index in [1.807, 2.05) is 0 Å². The molecule has 1 fully saturated rings. The highest BCUT2D eigenvalue weighted by Gasteiger charge is 2.34. The minimum absolute atomic E-state index is 0.0279. The number of benzene rings is 2. The maximum absolute atomic E-state index is 15.1. The van der Waals surface area contributed by atoms with Crippen LogP contribution in [-0.2, 0) is 10.0 Å². The summed E-state index contributed by atoms with van der Waals surface area (Å²) in [6.45, 7) is 2.92. The molecule has 0 radical (unpaired) electrons. The maximum atomic E-state index is 15.1. The summed E-state index contributed by atoms with van der Waals surface area (Å²) >= 11 is 0. The summed E-state index contributed by atoms with van der Waals surface area (Å²) in [6, 6.07) is 5.71. The Balaban J connectivity index is 1.87. The lowest BCUT2D eigenvalue weighted by molar-refractivity contribution is 0.0697. The summed E-state index contributed by atoms with van der Waals surface area (Å²) in [6.07, 6.45) is -1.29. The van der Waals surface area contributed by atoms with Gasteiger partial charge in [-0.05, 0) is 55.7 Å². The fourth-order valence-corrected chi connectivity index (χ4v) is 5.39. The second kappa shape index (κ2) is 7.86. The van der Waals surface area contributed by atoms with E-state index in [1.165, 1.54) is 12.1 Å². The largest absolute Gasteiger partial charge is 0.478 e. The first-order chi connectivity index (χ1) is 15.0. The van der Waals surface area contributed by atoms with E-state index in [0.717, 1.165) is 4.31 Å². The van der Waals surface area contributed by atoms with Gasteiger partial charge in [-0.2, -0.15) is 4.31 Å². The molecule has 4 rings (SSSR count). The number of hydrogen-bond donors (Lipinski definition) is 1. The standard InChI is InChI=1S/C22H19F3N2O4S/c1-11-12(2)21(26-19-7-13(22(28)29)3-4-16(11)19)20-17(24)8-15(9-18(20)25)32(30,31)27-6-5-14(23)10-27/h3-4,7-9,14H,5-6,10H2,1-2H3,(H,28,29)/t14-/m0/s1. The quantitative estimate of drug-likeness (QED) is 0.625. The Labute approximate surface area is 182 Å². The molecule has 0 unspecified atom stereocenters. The molecule has 1 saturated heterocycles. The summed E-state index contributed by atoms with van der Waals surface area (Å²) in [5.41, 5.74) is 0.763. The van der Waals surface area contributed by atoms with E-state index >= 15 is 8.78 Å². The number of fused-ring (bicyclic) bond motifs is 1. The molecule has 1 atom stereocenters. The van der Waals surface area contributed by atoms with Crippen molar-refractivity contribution < 1.29 is 31.5 Å². The van der Waals surface area contributed by atoms with Crippen LogP contribution in [0.1, 0.15) is 27.9 Å². The molecular formula is C22H19F3N2O4S. The van der Waals surface area contributed by atoms with Crippen LogP contribution in [0.25, 0.3) is 22.2 Å². The van der Waals surface area contributed by atoms with Gasteiger partial charge in [-0.25, -0.2) is 31.4 Å². The highest BCUT2D eigenvalue weighted by atomic mass is 32.2. The molecule has 1 aliphatic heterocycles. The molecule has 1 aromatic heterocycles. The van der Waals surface area contributed by atoms with Gasteiger partial charge in [0.2, 0.25) is 10.0 Å². The molecule has 0 amide bonds. The smallest absolute Gasteiger partial charge is 0.335 e. The third kappa shape index (κ3) is 3.63. The lowest BCUT2D eigenvalue weighted by Gasteiger charge is -2.17. The van der Waals surface area contributed by atoms with Gasteiger partial charge in [-0.1, -0.05) is 6.07 Å². The van der Waals surface area contributed by atoms with E-state index < -0.39 is 44.3 Å². The van der Waals surface area contributed by atoms with Gasteiger partial charge >= 0.3 is 5.97 Å². The number of halogens is 3. The van der Waals surface area contributed by atoms with Crippen LogP contribution < -0.4 is 0 Å². The van der Waals surface area contributed by atoms with Gasteiger partial charge in [0.25, 0.3) is 0 Å². The maximum Gasteiger partial charge on any atom is 0.335 e. The zero-order valence-electron chi connectivity index (χ0n) is 17.2. The fraction of sp³-hybridized carbons (Fsp3) is 0.273. The second-order valence-corrected chi connectivity index (χ2v) is 9.70. The van der Waals surface area contributed by atoms with Crippen molar-refractivity contribution in [1.82, 2.24) is 9.29 Å². The summed E-state index contributed by atoms with van der Waals surface area (Å²) < 4.78 is 69.8. The first-order valence-electron chi connectivity index (χ1n) is 9.78. The average molecular weight is 464 g/mol. The zero-order chi connectivity index (χ0) is 23.4. The lowest BCUT2D eigenvalue weighted by atomic mass is 9.97. The average Bonchev–Trinajstić information content (AvgIpc) is 3.17. The normalized spacial score (nSPS) is 17.2. The summed E-state index contributed by atoms with van der Waals surface area (Å²) in [4.78, 5) is 15.0. The topological polar surface area (TPSA) is 87.6 Å². The van der Waals surface area contributed by atoms with Gasteiger partial charge in [-0.15, -0.1) is 0 Å². The van der Waals surface area contributed by atoms with Gasteiger partial charge in [0, 0.05) is 18.5 Å². The molecule has 6 nitrogen and oxygen atoms in total. The first kappa shape index (κ1) is 22.2. The van der Waals surface area contributed by atoms with Crippen molar-refractivity contribution in [1.29, 1.82) is 0 Å². The van der Waals surface area contributed by atoms with Crippen LogP contribution in [0.15, 0.2) is 35.2 Å². The van der Waals surface area contributed by atoms with Crippen LogP contribution in [0, 0.1) is 25.5 Å². The third-order valence-electron chi connectivity index (χ3n) is 5.78. The van der Waals surface area contributed by atoms with Crippen molar-refractivity contribution in [2.45, 2.75) is 31.3 Å². The fourth-order valence-electron chi connectivity index (χ4n) is 3.88. The Bertz CT molecular complexity index is 1350. The number of hydrogen-bond acceptors (Lipinski definition) is 4. The van der Waals surface area contributed by atoms with Crippen molar-refractivity contribution in [3.05, 3.63) is 58.7 Å². The number of carboxylic acid groups (broad SMARTS) is 1. The van der Waals surface area contributed by atoms with Gasteiger partial charge < -0.3 is 5.11 Å². The minimum Gasteiger partial charge on any atom is -0.478 e. The Kier molecular flexibility index (Phi) is 5.46. The van der Waals surface area contributed by atoms with Crippen molar-refractivity contribution in [3.63, 3.8) is 0 Å². The van der Waals surface area contributed by atoms with Crippen molar-refractivity contribution in [3.8, 4) is 11.3 Å². The lowest BCUT2D eigenvalue weighted by Crippen LogP contribution is -2.29. The van der Waals surface area contributed by atoms with E-state index in [9.17, 15) is 22.7 Å². The molecule has 2 heterocycles. The SMILES string of the molecule is Cc1c(-c2c(F)cc(S(=O)(=O)N3CC[C@H](F)C3)cc2F)nc2cc(C(=O)O)ccc2c1C. The predicted octanol–water partition coefficient (Wildman–Crippen LogP) is 4.23. The molecule has 168 valence electrons. The Morgan fingerprint density at radius 1 is 1.12 bits per heavy atom. The summed E-state index contributed by atoms with van der Waals surface area (Å²) in [5, 5.41) is 9.85. The van der Waals surface area contributed by atoms with Crippen LogP contribution in [0.3, 0.4) is 0 Å². The number of aromatic carboxylic acids is 1. The minimum atomic E-state index is -4.26. The molecule has 32 heavy (non-hydrogen) atoms. The molecular weight excluding hydrogens is 445 g/mol. The van der Waals surface area contributed by atoms with Crippen molar-refractivity contribution >= 4 is 26.9 Å². The van der Waals surface area contributed by atoms with E-state index in [-0.39, 0.29) is 36.3 Å². The van der Waals surface area contributed by atoms with E-state index in [4.69, 9.17) is 0 Å². The first-order valence-corrected chi connectivity index (χ1v) is 11.2. The highest BCUT2D eigenvalue weighted by molar-refractivity contribution is 7.89. The Hall–Kier alpha value is -2.98. The predicted molar refractivity (Wildman–Crippen MR) is 112 cm³/mol. The van der Waals surface area contributed by atoms with Gasteiger partial charge in [-0.3, -0.25) is 0 Å². The number of carbonyl (C=O) groups is 1. The number of aryl methyl sites for hydroxylation is 1. The van der Waals surface area contributed by atoms with Gasteiger partial charge in [0.05, 0.1) is 27.2 Å². The number of rotatable bonds is 4. The van der Waals surface area contributed by atoms with Crippen LogP contribution in [0.5, 0.6) is 0 Å². The number of carboxylic acids is 1. The van der Waals surface area contributed by atoms with Gasteiger partial charge in [0.15, 0.2) is 0 Å². The molecule has 1 aliphatic rings. The molecule has 2 aromatic carbocycles. The third-order valence-corrected chi connectivity index (χ3v) is 7.63. The number of sulfonamides is 1. The highest BCUT2D eigenvalue weighted by Crippen LogP contribution is 2.35. The summed E-state index contributed by atoms with van der Waals surface area (Å²) in [5.74, 6) is -3.44. The van der Waals surface area contributed by atoms with E-state index in [2.05, 4.69) is 4.98 Å². The van der Waals surface area contributed by atoms with Crippen LogP contribution in [-0.4, -0.2) is 48.0 Å². The van der Waals surface area contributed by atoms with Crippen molar-refractivity contribution in [2.75, 3.05) is 13.1 Å². The van der Waals surface area contributed by atoms with Crippen LogP contribution >= 0.6 is 0 Å². The monoisotopic (exact) mass is 464 g/mol. The van der Waals surface area contributed by atoms with Gasteiger partial charge in [0.1, 0.15) is 17.8 Å². The summed E-state index contributed by atoms with van der Waals surface area (Å²) in [7, 11) is -4.26. The molecule has 0 spiro atoms. The number of pyridine rings is 1. The second-order valence-electron chi connectivity index (χ2n) is 7.76. The van der Waals surface area contributed by atoms with E-state index in [0.29, 0.717) is 28.6 Å². The Morgan fingerprint density at radius 3 is 2.34 bits per heavy atom. The van der Waals surface area contributed by atoms with Crippen molar-refractivity contribution in [2.24, 2.45) is 0 Å². The molecule has 0 bridgehead atoms. The number of alkyl halides is 1. The van der Waals surface area contributed by atoms with Crippen LogP contribution in [0.2, 0.25) is 0 Å². The van der Waals surface area contributed by atoms with E-state index in [1.54, 1.807) is 19.9 Å². The number of aromatic nitrogens is 1. The number of nitrogens with zero attached hydrogens (tertiary/aromatic N) is 2. The molecule has 3 aromatic rings. The Morgan fingerprint density at radius 2 is 1.78 bits per heavy atom. The van der Waals surface area contributed by atoms with Crippen LogP contribution in [0.4, 0.5) is 13.2 Å². The molecule has 0 saturated carbocycles. The zero-order valence-corrected chi connectivity index (χ0v) is 18.0. The molecule has 10 heteroatoms.